The van der Waals surface area contributed by atoms with Crippen LogP contribution in [0.4, 0.5) is 0 Å². The fourth-order valence-corrected chi connectivity index (χ4v) is 4.44. The van der Waals surface area contributed by atoms with Gasteiger partial charge in [0.1, 0.15) is 18.3 Å². The summed E-state index contributed by atoms with van der Waals surface area (Å²) in [6.07, 6.45) is 4.06. The molecule has 3 aromatic rings. The average Bonchev–Trinajstić information content (AvgIpc) is 3.30. The van der Waals surface area contributed by atoms with Gasteiger partial charge in [-0.05, 0) is 50.2 Å². The van der Waals surface area contributed by atoms with Gasteiger partial charge >= 0.3 is 0 Å². The summed E-state index contributed by atoms with van der Waals surface area (Å²) in [6, 6.07) is 17.7. The van der Waals surface area contributed by atoms with E-state index in [9.17, 15) is 0 Å². The Morgan fingerprint density at radius 3 is 1.97 bits per heavy atom. The molecule has 0 N–H and O–H groups in total. The third kappa shape index (κ3) is 5.65. The van der Waals surface area contributed by atoms with Crippen LogP contribution in [0.5, 0.6) is 0 Å². The van der Waals surface area contributed by atoms with Crippen LogP contribution in [-0.4, -0.2) is 56.8 Å². The minimum atomic E-state index is -0.714. The van der Waals surface area contributed by atoms with Gasteiger partial charge in [-0.2, -0.15) is 0 Å². The summed E-state index contributed by atoms with van der Waals surface area (Å²) in [7, 11) is 0. The molecule has 0 amide bonds. The maximum atomic E-state index is 6.36. The lowest BCUT2D eigenvalue weighted by atomic mass is 10.1. The molecule has 0 unspecified atom stereocenters. The zero-order chi connectivity index (χ0) is 23.4. The van der Waals surface area contributed by atoms with E-state index in [-0.39, 0.29) is 18.3 Å². The number of aromatic nitrogens is 3. The number of nitrogens with zero attached hydrogens (tertiary/aromatic N) is 4. The number of hydrogen-bond acceptors (Lipinski definition) is 8. The lowest BCUT2D eigenvalue weighted by Gasteiger charge is -2.30. The van der Waals surface area contributed by atoms with E-state index < -0.39 is 12.1 Å². The maximum Gasteiger partial charge on any atom is 0.190 e. The Morgan fingerprint density at radius 1 is 0.824 bits per heavy atom. The molecule has 2 saturated heterocycles. The van der Waals surface area contributed by atoms with E-state index in [0.29, 0.717) is 26.2 Å². The van der Waals surface area contributed by atoms with Gasteiger partial charge in [0.15, 0.2) is 12.1 Å². The molecule has 0 aromatic carbocycles. The number of fused-ring (bicyclic) bond motifs is 1. The Labute approximate surface area is 199 Å². The molecule has 0 saturated carbocycles. The zero-order valence-corrected chi connectivity index (χ0v) is 19.5. The van der Waals surface area contributed by atoms with Crippen LogP contribution in [-0.2, 0) is 38.6 Å². The van der Waals surface area contributed by atoms with Gasteiger partial charge in [-0.25, -0.2) is 0 Å². The number of rotatable bonds is 9. The van der Waals surface area contributed by atoms with E-state index >= 15 is 0 Å². The third-order valence-corrected chi connectivity index (χ3v) is 5.90. The van der Waals surface area contributed by atoms with Gasteiger partial charge in [0, 0.05) is 38.2 Å². The molecule has 2 aliphatic rings. The maximum absolute atomic E-state index is 6.36. The summed E-state index contributed by atoms with van der Waals surface area (Å²) >= 11 is 0. The lowest BCUT2D eigenvalue weighted by Crippen LogP contribution is -2.43. The molecule has 2 aliphatic heterocycles. The molecule has 34 heavy (non-hydrogen) atoms. The quantitative estimate of drug-likeness (QED) is 0.479. The summed E-state index contributed by atoms with van der Waals surface area (Å²) < 4.78 is 24.9. The van der Waals surface area contributed by atoms with Crippen LogP contribution in [0, 0.1) is 0 Å². The van der Waals surface area contributed by atoms with Crippen LogP contribution in [0.15, 0.2) is 73.2 Å². The minimum absolute atomic E-state index is 0.248. The molecular formula is C26H30N4O4. The van der Waals surface area contributed by atoms with Crippen molar-refractivity contribution in [2.24, 2.45) is 0 Å². The first kappa shape index (κ1) is 23.0. The molecule has 5 heterocycles. The van der Waals surface area contributed by atoms with E-state index in [0.717, 1.165) is 17.1 Å². The second-order valence-electron chi connectivity index (χ2n) is 9.05. The summed E-state index contributed by atoms with van der Waals surface area (Å²) in [5, 5.41) is 0. The average molecular weight is 463 g/mol. The Balaban J connectivity index is 1.34. The van der Waals surface area contributed by atoms with Gasteiger partial charge in [-0.1, -0.05) is 18.2 Å². The molecule has 2 fully saturated rings. The standard InChI is InChI=1S/C26H30N4O4/c1-26(2)33-24-23(31-18-21-11-5-8-14-29-21)22(32-25(24)34-26)17-30(15-19-9-3-6-12-27-19)16-20-10-4-7-13-28-20/h3-14,22-25H,15-18H2,1-2H3/t22-,23-,24-,25-/m1/s1. The predicted molar refractivity (Wildman–Crippen MR) is 124 cm³/mol. The van der Waals surface area contributed by atoms with E-state index in [4.69, 9.17) is 18.9 Å². The zero-order valence-electron chi connectivity index (χ0n) is 19.5. The fourth-order valence-electron chi connectivity index (χ4n) is 4.44. The van der Waals surface area contributed by atoms with Crippen LogP contribution < -0.4 is 0 Å². The van der Waals surface area contributed by atoms with Crippen LogP contribution in [0.25, 0.3) is 0 Å². The van der Waals surface area contributed by atoms with Crippen molar-refractivity contribution in [2.75, 3.05) is 6.54 Å². The summed E-state index contributed by atoms with van der Waals surface area (Å²) in [5.74, 6) is -0.714. The van der Waals surface area contributed by atoms with E-state index in [1.807, 2.05) is 80.8 Å². The Kier molecular flexibility index (Phi) is 6.94. The molecule has 178 valence electrons. The molecule has 0 bridgehead atoms. The van der Waals surface area contributed by atoms with Crippen LogP contribution >= 0.6 is 0 Å². The Bertz CT molecular complexity index is 997. The minimum Gasteiger partial charge on any atom is -0.366 e. The van der Waals surface area contributed by atoms with Gasteiger partial charge in [-0.3, -0.25) is 19.9 Å². The molecule has 5 rings (SSSR count). The summed E-state index contributed by atoms with van der Waals surface area (Å²) in [6.45, 7) is 6.10. The second-order valence-corrected chi connectivity index (χ2v) is 9.05. The van der Waals surface area contributed by atoms with Gasteiger partial charge < -0.3 is 18.9 Å². The lowest BCUT2D eigenvalue weighted by molar-refractivity contribution is -0.221. The SMILES string of the molecule is CC1(C)O[C@H]2O[C@H](CN(Cc3ccccn3)Cc3ccccn3)[C@@H](OCc3ccccn3)[C@H]2O1. The van der Waals surface area contributed by atoms with Crippen molar-refractivity contribution in [3.05, 3.63) is 90.3 Å². The number of pyridine rings is 3. The molecule has 0 aliphatic carbocycles. The van der Waals surface area contributed by atoms with Crippen LogP contribution in [0.2, 0.25) is 0 Å². The Hall–Kier alpha value is -2.75. The number of ether oxygens (including phenoxy) is 4. The van der Waals surface area contributed by atoms with Crippen molar-refractivity contribution in [1.29, 1.82) is 0 Å². The molecule has 0 spiro atoms. The van der Waals surface area contributed by atoms with E-state index in [1.54, 1.807) is 6.20 Å². The molecule has 8 heteroatoms. The topological polar surface area (TPSA) is 78.8 Å². The van der Waals surface area contributed by atoms with Gasteiger partial charge in [-0.15, -0.1) is 0 Å². The largest absolute Gasteiger partial charge is 0.366 e. The molecule has 0 radical (unpaired) electrons. The first-order chi connectivity index (χ1) is 16.6. The van der Waals surface area contributed by atoms with Crippen LogP contribution in [0.3, 0.4) is 0 Å². The van der Waals surface area contributed by atoms with Gasteiger partial charge in [0.25, 0.3) is 0 Å². The second kappa shape index (κ2) is 10.2. The van der Waals surface area contributed by atoms with Crippen molar-refractivity contribution in [3.63, 3.8) is 0 Å². The summed E-state index contributed by atoms with van der Waals surface area (Å²) in [4.78, 5) is 15.7. The fraction of sp³-hybridized carbons (Fsp3) is 0.423. The van der Waals surface area contributed by atoms with E-state index in [1.165, 1.54) is 0 Å². The first-order valence-corrected chi connectivity index (χ1v) is 11.6. The van der Waals surface area contributed by atoms with Gasteiger partial charge in [0.05, 0.1) is 23.7 Å². The molecular weight excluding hydrogens is 432 g/mol. The van der Waals surface area contributed by atoms with Crippen molar-refractivity contribution in [1.82, 2.24) is 19.9 Å². The highest BCUT2D eigenvalue weighted by Crippen LogP contribution is 2.39. The molecule has 8 nitrogen and oxygen atoms in total. The van der Waals surface area contributed by atoms with Gasteiger partial charge in [0.2, 0.25) is 0 Å². The van der Waals surface area contributed by atoms with E-state index in [2.05, 4.69) is 19.9 Å². The Morgan fingerprint density at radius 2 is 1.41 bits per heavy atom. The van der Waals surface area contributed by atoms with Crippen molar-refractivity contribution >= 4 is 0 Å². The first-order valence-electron chi connectivity index (χ1n) is 11.6. The summed E-state index contributed by atoms with van der Waals surface area (Å²) in [5.41, 5.74) is 2.83. The highest BCUT2D eigenvalue weighted by Gasteiger charge is 2.55. The molecule has 3 aromatic heterocycles. The smallest absolute Gasteiger partial charge is 0.190 e. The molecule has 4 atom stereocenters. The van der Waals surface area contributed by atoms with Crippen molar-refractivity contribution in [3.8, 4) is 0 Å². The third-order valence-electron chi connectivity index (χ3n) is 5.90. The predicted octanol–water partition coefficient (Wildman–Crippen LogP) is 3.34. The highest BCUT2D eigenvalue weighted by atomic mass is 16.8. The van der Waals surface area contributed by atoms with Crippen molar-refractivity contribution in [2.45, 2.75) is 63.9 Å². The monoisotopic (exact) mass is 462 g/mol. The van der Waals surface area contributed by atoms with Crippen LogP contribution in [0.1, 0.15) is 30.9 Å². The highest BCUT2D eigenvalue weighted by molar-refractivity contribution is 5.07. The normalized spacial score (nSPS) is 25.5. The van der Waals surface area contributed by atoms with Crippen molar-refractivity contribution < 1.29 is 18.9 Å². The number of hydrogen-bond donors (Lipinski definition) is 0.